The van der Waals surface area contributed by atoms with E-state index in [0.717, 1.165) is 5.75 Å². The molecule has 18 heavy (non-hydrogen) atoms. The average molecular weight is 269 g/mol. The van der Waals surface area contributed by atoms with E-state index in [9.17, 15) is 9.18 Å². The second-order valence-corrected chi connectivity index (χ2v) is 5.38. The molecule has 1 aromatic carbocycles. The maximum absolute atomic E-state index is 13.0. The Hall–Kier alpha value is -0.870. The minimum atomic E-state index is -0.357. The van der Waals surface area contributed by atoms with Gasteiger partial charge >= 0.3 is 0 Å². The molecule has 0 heterocycles. The number of halogens is 1. The highest BCUT2D eigenvalue weighted by atomic mass is 32.2. The normalized spacial score (nSPS) is 12.7. The van der Waals surface area contributed by atoms with Crippen LogP contribution in [-0.4, -0.2) is 42.3 Å². The summed E-state index contributed by atoms with van der Waals surface area (Å²) >= 11 is 1.79. The molecule has 0 fully saturated rings. The summed E-state index contributed by atoms with van der Waals surface area (Å²) in [6, 6.07) is 6.33. The number of rotatable bonds is 7. The van der Waals surface area contributed by atoms with Gasteiger partial charge in [0.15, 0.2) is 5.78 Å². The molecule has 0 bridgehead atoms. The van der Waals surface area contributed by atoms with Crippen molar-refractivity contribution in [2.45, 2.75) is 19.4 Å². The Morgan fingerprint density at radius 2 is 2.22 bits per heavy atom. The Morgan fingerprint density at radius 1 is 1.50 bits per heavy atom. The standard InChI is InChI=1S/C14H20FNOS/c1-11(10-18-3)16(2)8-7-14(17)12-5-4-6-13(15)9-12/h4-6,9,11H,7-8,10H2,1-3H3. The molecule has 0 radical (unpaired) electrons. The zero-order valence-electron chi connectivity index (χ0n) is 11.1. The van der Waals surface area contributed by atoms with Crippen LogP contribution in [0.1, 0.15) is 23.7 Å². The fraction of sp³-hybridized carbons (Fsp3) is 0.500. The molecule has 0 saturated heterocycles. The fourth-order valence-electron chi connectivity index (χ4n) is 1.67. The highest BCUT2D eigenvalue weighted by molar-refractivity contribution is 7.98. The van der Waals surface area contributed by atoms with Crippen LogP contribution in [0.15, 0.2) is 24.3 Å². The molecule has 1 atom stereocenters. The van der Waals surface area contributed by atoms with Gasteiger partial charge in [0.1, 0.15) is 5.82 Å². The first-order valence-corrected chi connectivity index (χ1v) is 7.42. The third-order valence-corrected chi connectivity index (χ3v) is 3.81. The van der Waals surface area contributed by atoms with E-state index >= 15 is 0 Å². The summed E-state index contributed by atoms with van der Waals surface area (Å²) in [6.07, 6.45) is 2.50. The number of carbonyl (C=O) groups excluding carboxylic acids is 1. The van der Waals surface area contributed by atoms with Crippen molar-refractivity contribution in [2.75, 3.05) is 25.6 Å². The van der Waals surface area contributed by atoms with Gasteiger partial charge in [-0.25, -0.2) is 4.39 Å². The number of benzene rings is 1. The Kier molecular flexibility index (Phi) is 6.36. The summed E-state index contributed by atoms with van der Waals surface area (Å²) in [7, 11) is 2.01. The lowest BCUT2D eigenvalue weighted by atomic mass is 10.1. The lowest BCUT2D eigenvalue weighted by Gasteiger charge is -2.23. The Bertz CT molecular complexity index is 397. The van der Waals surface area contributed by atoms with Crippen LogP contribution in [0.5, 0.6) is 0 Å². The van der Waals surface area contributed by atoms with Gasteiger partial charge in [-0.1, -0.05) is 12.1 Å². The maximum atomic E-state index is 13.0. The molecular weight excluding hydrogens is 249 g/mol. The van der Waals surface area contributed by atoms with Gasteiger partial charge in [-0.05, 0) is 32.4 Å². The van der Waals surface area contributed by atoms with Crippen LogP contribution in [0.2, 0.25) is 0 Å². The highest BCUT2D eigenvalue weighted by Crippen LogP contribution is 2.09. The molecule has 0 N–H and O–H groups in total. The van der Waals surface area contributed by atoms with Crippen molar-refractivity contribution in [1.82, 2.24) is 4.90 Å². The summed E-state index contributed by atoms with van der Waals surface area (Å²) in [6.45, 7) is 2.85. The quantitative estimate of drug-likeness (QED) is 0.710. The van der Waals surface area contributed by atoms with Crippen molar-refractivity contribution in [2.24, 2.45) is 0 Å². The molecule has 100 valence electrons. The number of ketones is 1. The van der Waals surface area contributed by atoms with Gasteiger partial charge in [0.2, 0.25) is 0 Å². The van der Waals surface area contributed by atoms with Gasteiger partial charge in [0.25, 0.3) is 0 Å². The number of hydrogen-bond donors (Lipinski definition) is 0. The first-order valence-electron chi connectivity index (χ1n) is 6.02. The van der Waals surface area contributed by atoms with Gasteiger partial charge in [-0.3, -0.25) is 4.79 Å². The number of nitrogens with zero attached hydrogens (tertiary/aromatic N) is 1. The Morgan fingerprint density at radius 3 is 2.83 bits per heavy atom. The van der Waals surface area contributed by atoms with Crippen LogP contribution in [-0.2, 0) is 0 Å². The molecule has 0 saturated carbocycles. The first-order chi connectivity index (χ1) is 8.54. The second-order valence-electron chi connectivity index (χ2n) is 4.47. The second kappa shape index (κ2) is 7.54. The number of thioether (sulfide) groups is 1. The van der Waals surface area contributed by atoms with Crippen LogP contribution in [0, 0.1) is 5.82 Å². The fourth-order valence-corrected chi connectivity index (χ4v) is 2.41. The third kappa shape index (κ3) is 4.78. The van der Waals surface area contributed by atoms with Crippen molar-refractivity contribution in [3.63, 3.8) is 0 Å². The smallest absolute Gasteiger partial charge is 0.164 e. The zero-order chi connectivity index (χ0) is 13.5. The largest absolute Gasteiger partial charge is 0.302 e. The van der Waals surface area contributed by atoms with E-state index < -0.39 is 0 Å². The van der Waals surface area contributed by atoms with Gasteiger partial charge in [-0.2, -0.15) is 11.8 Å². The topological polar surface area (TPSA) is 20.3 Å². The molecule has 2 nitrogen and oxygen atoms in total. The molecule has 0 aliphatic heterocycles. The Labute approximate surface area is 113 Å². The average Bonchev–Trinajstić information content (AvgIpc) is 2.35. The van der Waals surface area contributed by atoms with E-state index in [1.165, 1.54) is 12.1 Å². The number of Topliss-reactive ketones (excluding diaryl/α,β-unsaturated/α-hetero) is 1. The molecule has 1 rings (SSSR count). The van der Waals surface area contributed by atoms with Crippen LogP contribution in [0.25, 0.3) is 0 Å². The molecule has 0 spiro atoms. The van der Waals surface area contributed by atoms with Crippen molar-refractivity contribution < 1.29 is 9.18 Å². The van der Waals surface area contributed by atoms with Gasteiger partial charge in [-0.15, -0.1) is 0 Å². The monoisotopic (exact) mass is 269 g/mol. The summed E-state index contributed by atoms with van der Waals surface area (Å²) in [5, 5.41) is 0. The molecule has 0 aromatic heterocycles. The van der Waals surface area contributed by atoms with E-state index in [0.29, 0.717) is 24.6 Å². The van der Waals surface area contributed by atoms with Crippen molar-refractivity contribution in [1.29, 1.82) is 0 Å². The summed E-state index contributed by atoms with van der Waals surface area (Å²) in [5.41, 5.74) is 0.459. The van der Waals surface area contributed by atoms with E-state index in [4.69, 9.17) is 0 Å². The van der Waals surface area contributed by atoms with E-state index in [1.54, 1.807) is 23.9 Å². The molecule has 0 amide bonds. The maximum Gasteiger partial charge on any atom is 0.164 e. The molecule has 4 heteroatoms. The lowest BCUT2D eigenvalue weighted by Crippen LogP contribution is -2.32. The first kappa shape index (κ1) is 15.2. The summed E-state index contributed by atoms with van der Waals surface area (Å²) in [4.78, 5) is 14.0. The molecular formula is C14H20FNOS. The van der Waals surface area contributed by atoms with Crippen molar-refractivity contribution >= 4 is 17.5 Å². The van der Waals surface area contributed by atoms with Gasteiger partial charge < -0.3 is 4.90 Å². The zero-order valence-corrected chi connectivity index (χ0v) is 12.0. The third-order valence-electron chi connectivity index (χ3n) is 3.00. The van der Waals surface area contributed by atoms with Crippen molar-refractivity contribution in [3.05, 3.63) is 35.6 Å². The Balaban J connectivity index is 2.46. The molecule has 0 aliphatic rings. The van der Waals surface area contributed by atoms with Crippen LogP contribution >= 0.6 is 11.8 Å². The predicted octanol–water partition coefficient (Wildman–Crippen LogP) is 3.08. The van der Waals surface area contributed by atoms with Gasteiger partial charge in [0, 0.05) is 30.3 Å². The van der Waals surface area contributed by atoms with E-state index in [-0.39, 0.29) is 11.6 Å². The van der Waals surface area contributed by atoms with E-state index in [1.807, 2.05) is 7.05 Å². The number of hydrogen-bond acceptors (Lipinski definition) is 3. The molecule has 1 unspecified atom stereocenters. The highest BCUT2D eigenvalue weighted by Gasteiger charge is 2.12. The lowest BCUT2D eigenvalue weighted by molar-refractivity contribution is 0.0964. The minimum absolute atomic E-state index is 0.00213. The summed E-state index contributed by atoms with van der Waals surface area (Å²) < 4.78 is 13.0. The minimum Gasteiger partial charge on any atom is -0.302 e. The van der Waals surface area contributed by atoms with Gasteiger partial charge in [0.05, 0.1) is 0 Å². The molecule has 0 aliphatic carbocycles. The van der Waals surface area contributed by atoms with E-state index in [2.05, 4.69) is 18.1 Å². The van der Waals surface area contributed by atoms with Crippen LogP contribution in [0.3, 0.4) is 0 Å². The SMILES string of the molecule is CSCC(C)N(C)CCC(=O)c1cccc(F)c1. The predicted molar refractivity (Wildman–Crippen MR) is 75.8 cm³/mol. The summed E-state index contributed by atoms with van der Waals surface area (Å²) in [5.74, 6) is 0.688. The van der Waals surface area contributed by atoms with Crippen LogP contribution in [0.4, 0.5) is 4.39 Å². The van der Waals surface area contributed by atoms with Crippen molar-refractivity contribution in [3.8, 4) is 0 Å². The number of carbonyl (C=O) groups is 1. The molecule has 1 aromatic rings. The van der Waals surface area contributed by atoms with Crippen LogP contribution < -0.4 is 0 Å².